The van der Waals surface area contributed by atoms with Gasteiger partial charge in [0.25, 0.3) is 0 Å². The molecule has 1 fully saturated rings. The monoisotopic (exact) mass is 476 g/mol. The summed E-state index contributed by atoms with van der Waals surface area (Å²) in [6.07, 6.45) is 0.441. The highest BCUT2D eigenvalue weighted by molar-refractivity contribution is 7.95. The summed E-state index contributed by atoms with van der Waals surface area (Å²) in [6.45, 7) is 1.56. The van der Waals surface area contributed by atoms with Crippen molar-refractivity contribution in [3.63, 3.8) is 0 Å². The number of hydrogen-bond acceptors (Lipinski definition) is 8. The largest absolute Gasteiger partial charge is 0.365 e. The standard InChI is InChI=1S/C19H21ClO8S2/c1-3-15(28-2)30(26,27)14-9-11(17(20)10-7-8-29(24,25)19(10)14)18(23)16-12(21)5-4-6-13(16)22/h9,15-16H,3-8H2,1-2H3. The SMILES string of the molecule is CCC(OC)S(=O)(=O)c1cc(C(=O)C2C(=O)CCCC2=O)c(Cl)c2c1S(=O)(=O)CC2. The molecule has 0 spiro atoms. The molecule has 1 aromatic rings. The number of halogens is 1. The summed E-state index contributed by atoms with van der Waals surface area (Å²) >= 11 is 6.33. The van der Waals surface area contributed by atoms with E-state index in [2.05, 4.69) is 0 Å². The van der Waals surface area contributed by atoms with Gasteiger partial charge in [-0.05, 0) is 30.9 Å². The van der Waals surface area contributed by atoms with Crippen molar-refractivity contribution in [2.75, 3.05) is 12.9 Å². The van der Waals surface area contributed by atoms with Crippen LogP contribution in [-0.2, 0) is 40.4 Å². The number of rotatable bonds is 6. The van der Waals surface area contributed by atoms with E-state index >= 15 is 0 Å². The summed E-state index contributed by atoms with van der Waals surface area (Å²) < 4.78 is 56.5. The summed E-state index contributed by atoms with van der Waals surface area (Å²) in [6, 6.07) is 0.887. The maximum atomic E-state index is 13.2. The number of methoxy groups -OCH3 is 1. The van der Waals surface area contributed by atoms with E-state index in [1.807, 2.05) is 0 Å². The zero-order chi connectivity index (χ0) is 22.4. The van der Waals surface area contributed by atoms with Crippen molar-refractivity contribution in [1.29, 1.82) is 0 Å². The molecule has 1 atom stereocenters. The number of carbonyl (C=O) groups is 3. The Kier molecular flexibility index (Phi) is 6.26. The Bertz CT molecular complexity index is 1130. The highest BCUT2D eigenvalue weighted by Gasteiger charge is 2.43. The van der Waals surface area contributed by atoms with Crippen LogP contribution in [0.5, 0.6) is 0 Å². The van der Waals surface area contributed by atoms with Crippen LogP contribution < -0.4 is 0 Å². The number of ketones is 3. The number of fused-ring (bicyclic) bond motifs is 1. The van der Waals surface area contributed by atoms with Crippen LogP contribution in [0.2, 0.25) is 5.02 Å². The van der Waals surface area contributed by atoms with Crippen molar-refractivity contribution < 1.29 is 36.0 Å². The first kappa shape index (κ1) is 23.1. The fraction of sp³-hybridized carbons (Fsp3) is 0.526. The molecule has 164 valence electrons. The number of ether oxygens (including phenoxy) is 1. The van der Waals surface area contributed by atoms with E-state index in [-0.39, 0.29) is 47.6 Å². The van der Waals surface area contributed by atoms with E-state index < -0.39 is 58.2 Å². The van der Waals surface area contributed by atoms with Crippen LogP contribution >= 0.6 is 11.6 Å². The van der Waals surface area contributed by atoms with Crippen LogP contribution in [0.25, 0.3) is 0 Å². The van der Waals surface area contributed by atoms with Gasteiger partial charge in [-0.15, -0.1) is 0 Å². The highest BCUT2D eigenvalue weighted by Crippen LogP contribution is 2.41. The van der Waals surface area contributed by atoms with E-state index in [9.17, 15) is 31.2 Å². The Morgan fingerprint density at radius 1 is 1.23 bits per heavy atom. The first-order valence-corrected chi connectivity index (χ1v) is 13.0. The Morgan fingerprint density at radius 3 is 2.37 bits per heavy atom. The molecule has 2 aliphatic rings. The van der Waals surface area contributed by atoms with Gasteiger partial charge in [-0.3, -0.25) is 14.4 Å². The maximum absolute atomic E-state index is 13.2. The molecule has 8 nitrogen and oxygen atoms in total. The first-order valence-electron chi connectivity index (χ1n) is 9.41. The van der Waals surface area contributed by atoms with Crippen LogP contribution in [-0.4, -0.2) is 52.5 Å². The molecule has 0 amide bonds. The predicted octanol–water partition coefficient (Wildman–Crippen LogP) is 1.95. The van der Waals surface area contributed by atoms with E-state index in [4.69, 9.17) is 16.3 Å². The molecule has 1 aliphatic carbocycles. The van der Waals surface area contributed by atoms with Gasteiger partial charge in [-0.25, -0.2) is 16.8 Å². The summed E-state index contributed by atoms with van der Waals surface area (Å²) in [5.41, 5.74) is -1.65. The van der Waals surface area contributed by atoms with Crippen molar-refractivity contribution in [3.8, 4) is 0 Å². The van der Waals surface area contributed by atoms with Gasteiger partial charge >= 0.3 is 0 Å². The van der Waals surface area contributed by atoms with Crippen LogP contribution in [0.4, 0.5) is 0 Å². The lowest BCUT2D eigenvalue weighted by atomic mass is 9.81. The Labute approximate surface area is 179 Å². The molecule has 1 unspecified atom stereocenters. The van der Waals surface area contributed by atoms with Crippen molar-refractivity contribution in [2.45, 2.75) is 54.3 Å². The third-order valence-electron chi connectivity index (χ3n) is 5.47. The summed E-state index contributed by atoms with van der Waals surface area (Å²) in [5, 5.41) is -0.230. The number of sulfone groups is 2. The van der Waals surface area contributed by atoms with Gasteiger partial charge in [0, 0.05) is 25.5 Å². The van der Waals surface area contributed by atoms with Crippen molar-refractivity contribution in [3.05, 3.63) is 22.2 Å². The molecule has 1 heterocycles. The van der Waals surface area contributed by atoms with Gasteiger partial charge in [0.2, 0.25) is 9.84 Å². The minimum Gasteiger partial charge on any atom is -0.365 e. The molecule has 1 aliphatic heterocycles. The molecule has 0 N–H and O–H groups in total. The predicted molar refractivity (Wildman–Crippen MR) is 107 cm³/mol. The minimum atomic E-state index is -4.31. The topological polar surface area (TPSA) is 129 Å². The maximum Gasteiger partial charge on any atom is 0.206 e. The van der Waals surface area contributed by atoms with Gasteiger partial charge in [0.05, 0.1) is 20.6 Å². The lowest BCUT2D eigenvalue weighted by Gasteiger charge is -2.21. The summed E-state index contributed by atoms with van der Waals surface area (Å²) in [5.74, 6) is -3.90. The lowest BCUT2D eigenvalue weighted by Crippen LogP contribution is -2.35. The molecule has 0 radical (unpaired) electrons. The smallest absolute Gasteiger partial charge is 0.206 e. The molecule has 1 saturated carbocycles. The molecule has 0 bridgehead atoms. The normalized spacial score (nSPS) is 20.2. The van der Waals surface area contributed by atoms with Crippen LogP contribution in [0, 0.1) is 5.92 Å². The molecule has 30 heavy (non-hydrogen) atoms. The quantitative estimate of drug-likeness (QED) is 0.450. The highest BCUT2D eigenvalue weighted by atomic mass is 35.5. The molecule has 1 aromatic carbocycles. The van der Waals surface area contributed by atoms with E-state index in [0.717, 1.165) is 6.07 Å². The molecule has 3 rings (SSSR count). The van der Waals surface area contributed by atoms with Crippen LogP contribution in [0.1, 0.15) is 48.5 Å². The van der Waals surface area contributed by atoms with E-state index in [1.54, 1.807) is 6.92 Å². The second-order valence-electron chi connectivity index (χ2n) is 7.31. The van der Waals surface area contributed by atoms with Gasteiger partial charge in [0.1, 0.15) is 5.92 Å². The second-order valence-corrected chi connectivity index (χ2v) is 11.8. The van der Waals surface area contributed by atoms with Crippen molar-refractivity contribution in [2.24, 2.45) is 5.92 Å². The molecule has 11 heteroatoms. The van der Waals surface area contributed by atoms with Gasteiger partial charge < -0.3 is 4.74 Å². The van der Waals surface area contributed by atoms with Crippen LogP contribution in [0.3, 0.4) is 0 Å². The number of carbonyl (C=O) groups excluding carboxylic acids is 3. The van der Waals surface area contributed by atoms with Gasteiger partial charge in [-0.1, -0.05) is 18.5 Å². The fourth-order valence-corrected chi connectivity index (χ4v) is 8.35. The van der Waals surface area contributed by atoms with Gasteiger partial charge in [-0.2, -0.15) is 0 Å². The van der Waals surface area contributed by atoms with Crippen LogP contribution in [0.15, 0.2) is 15.9 Å². The zero-order valence-electron chi connectivity index (χ0n) is 16.4. The molecule has 0 saturated heterocycles. The van der Waals surface area contributed by atoms with Gasteiger partial charge in [0.15, 0.2) is 32.6 Å². The fourth-order valence-electron chi connectivity index (χ4n) is 3.97. The minimum absolute atomic E-state index is 0.0164. The number of Topliss-reactive ketones (excluding diaryl/α,β-unsaturated/α-hetero) is 3. The van der Waals surface area contributed by atoms with E-state index in [0.29, 0.717) is 6.42 Å². The lowest BCUT2D eigenvalue weighted by molar-refractivity contribution is -0.133. The average Bonchev–Trinajstić information content (AvgIpc) is 2.98. The van der Waals surface area contributed by atoms with Crippen molar-refractivity contribution in [1.82, 2.24) is 0 Å². The number of benzene rings is 1. The van der Waals surface area contributed by atoms with E-state index in [1.165, 1.54) is 7.11 Å². The van der Waals surface area contributed by atoms with Crippen molar-refractivity contribution >= 4 is 48.6 Å². The second kappa shape index (κ2) is 8.14. The zero-order valence-corrected chi connectivity index (χ0v) is 18.8. The molecule has 0 aromatic heterocycles. The summed E-state index contributed by atoms with van der Waals surface area (Å²) in [4.78, 5) is 36.5. The average molecular weight is 477 g/mol. The Morgan fingerprint density at radius 2 is 1.83 bits per heavy atom. The number of hydrogen-bond donors (Lipinski definition) is 0. The summed E-state index contributed by atoms with van der Waals surface area (Å²) in [7, 11) is -7.07. The third-order valence-corrected chi connectivity index (χ3v) is 10.0. The third kappa shape index (κ3) is 3.63. The Balaban J connectivity index is 2.29. The molecular weight excluding hydrogens is 456 g/mol. The Hall–Kier alpha value is -1.62. The first-order chi connectivity index (χ1) is 14.0. The molecular formula is C19H21ClO8S2.